The van der Waals surface area contributed by atoms with E-state index >= 15 is 0 Å². The fourth-order valence-electron chi connectivity index (χ4n) is 7.88. The van der Waals surface area contributed by atoms with Crippen LogP contribution in [-0.2, 0) is 50.1 Å². The number of aromatic hydroxyl groups is 2. The van der Waals surface area contributed by atoms with Crippen LogP contribution >= 0.6 is 21.6 Å². The molecule has 0 saturated heterocycles. The molecule has 2 aromatic heterocycles. The molecule has 8 rings (SSSR count). The number of azo groups is 2. The summed E-state index contributed by atoms with van der Waals surface area (Å²) in [5.74, 6) is -12.2. The zero-order chi connectivity index (χ0) is 65.9. The van der Waals surface area contributed by atoms with E-state index in [0.29, 0.717) is 58.0 Å². The molecule has 0 radical (unpaired) electrons. The van der Waals surface area contributed by atoms with Gasteiger partial charge in [-0.05, 0) is 71.4 Å². The topological polar surface area (TPSA) is 622 Å². The highest BCUT2D eigenvalue weighted by Crippen LogP contribution is 2.48. The van der Waals surface area contributed by atoms with Crippen LogP contribution in [0.5, 0.6) is 11.5 Å². The van der Waals surface area contributed by atoms with Gasteiger partial charge in [-0.2, -0.15) is 53.6 Å². The lowest BCUT2D eigenvalue weighted by Gasteiger charge is -2.18. The summed E-state index contributed by atoms with van der Waals surface area (Å²) in [7, 11) is -19.7. The van der Waals surface area contributed by atoms with Crippen LogP contribution in [0.4, 0.5) is 57.9 Å². The first kappa shape index (κ1) is 65.7. The quantitative estimate of drug-likeness (QED) is 0.0157. The van der Waals surface area contributed by atoms with E-state index in [1.54, 1.807) is 0 Å². The first-order chi connectivity index (χ1) is 42.1. The van der Waals surface area contributed by atoms with Crippen molar-refractivity contribution in [3.63, 3.8) is 0 Å². The maximum Gasteiger partial charge on any atom is 0.373 e. The van der Waals surface area contributed by atoms with Gasteiger partial charge in [0.25, 0.3) is 40.5 Å². The predicted molar refractivity (Wildman–Crippen MR) is 313 cm³/mol. The molecule has 0 fully saturated rings. The summed E-state index contributed by atoms with van der Waals surface area (Å²) in [6.45, 7) is 0. The van der Waals surface area contributed by atoms with E-state index in [-0.39, 0.29) is 11.4 Å². The molecule has 44 heteroatoms. The molecule has 0 aliphatic carbocycles. The SMILES string of the molecule is O=C(O)c1ccccc1/N=N/c1c(S(=O)(=O)O)cc2cc(S(=O)(=O)O)cc(Nc3nc(=O)nc(NC(CSSCC(Nc4nc(=O)nc(Nc5cc(S(=O)(=O)O)cc6cc(S(=O)(=O)O)c(/N=N/c7ccccc7C(=O)O)c(O)c56)[nH]4)C(=O)O)C(=O)O)[nH]3)c2c1O. The Labute approximate surface area is 507 Å². The lowest BCUT2D eigenvalue weighted by molar-refractivity contribution is -0.138. The zero-order valence-electron chi connectivity index (χ0n) is 43.9. The third-order valence-corrected chi connectivity index (χ3v) is 17.6. The number of rotatable bonds is 25. The number of hydrogen-bond acceptors (Lipinski definition) is 30. The van der Waals surface area contributed by atoms with Crippen LogP contribution in [0.1, 0.15) is 20.7 Å². The number of anilines is 6. The zero-order valence-corrected chi connectivity index (χ0v) is 48.8. The Bertz CT molecular complexity index is 4690. The van der Waals surface area contributed by atoms with E-state index in [1.165, 1.54) is 24.3 Å². The summed E-state index contributed by atoms with van der Waals surface area (Å²) >= 11 is 0. The fourth-order valence-corrected chi connectivity index (χ4v) is 12.6. The van der Waals surface area contributed by atoms with Crippen molar-refractivity contribution in [2.75, 3.05) is 32.8 Å². The lowest BCUT2D eigenvalue weighted by Crippen LogP contribution is -2.34. The maximum absolute atomic E-state index is 12.8. The number of hydrogen-bond donors (Lipinski definition) is 16. The number of phenols is 2. The van der Waals surface area contributed by atoms with Gasteiger partial charge in [0.1, 0.15) is 44.6 Å². The number of carboxylic acid groups (broad SMARTS) is 4. The van der Waals surface area contributed by atoms with Crippen molar-refractivity contribution in [1.29, 1.82) is 0 Å². The van der Waals surface area contributed by atoms with E-state index in [0.717, 1.165) is 24.3 Å². The van der Waals surface area contributed by atoms with Crippen LogP contribution in [0.3, 0.4) is 0 Å². The molecular weight excluding hydrogens is 1320 g/mol. The molecule has 38 nitrogen and oxygen atoms in total. The second kappa shape index (κ2) is 25.8. The van der Waals surface area contributed by atoms with E-state index in [4.69, 9.17) is 0 Å². The smallest absolute Gasteiger partial charge is 0.373 e. The molecule has 90 heavy (non-hydrogen) atoms. The van der Waals surface area contributed by atoms with Gasteiger partial charge in [-0.3, -0.25) is 28.2 Å². The van der Waals surface area contributed by atoms with Gasteiger partial charge in [-0.15, -0.1) is 20.5 Å². The number of carboxylic acids is 4. The Morgan fingerprint density at radius 3 is 1.16 bits per heavy atom. The van der Waals surface area contributed by atoms with E-state index in [2.05, 4.69) is 71.6 Å². The normalized spacial score (nSPS) is 12.9. The highest BCUT2D eigenvalue weighted by Gasteiger charge is 2.30. The molecule has 0 bridgehead atoms. The van der Waals surface area contributed by atoms with Crippen molar-refractivity contribution in [1.82, 2.24) is 29.9 Å². The van der Waals surface area contributed by atoms with Crippen molar-refractivity contribution < 1.29 is 102 Å². The molecule has 0 aliphatic rings. The minimum atomic E-state index is -5.39. The number of aliphatic carboxylic acids is 2. The number of aromatic carboxylic acids is 2. The Kier molecular flexibility index (Phi) is 18.8. The minimum Gasteiger partial charge on any atom is -0.505 e. The van der Waals surface area contributed by atoms with Gasteiger partial charge in [-0.25, -0.2) is 28.8 Å². The van der Waals surface area contributed by atoms with Crippen LogP contribution in [0, 0.1) is 0 Å². The average molecular weight is 1360 g/mol. The van der Waals surface area contributed by atoms with Crippen LogP contribution in [0.2, 0.25) is 0 Å². The summed E-state index contributed by atoms with van der Waals surface area (Å²) in [4.78, 5) is 89.0. The first-order valence-electron chi connectivity index (χ1n) is 23.9. The number of H-pyrrole nitrogens is 2. The van der Waals surface area contributed by atoms with Crippen LogP contribution < -0.4 is 32.6 Å². The maximum atomic E-state index is 12.8. The molecule has 2 heterocycles. The van der Waals surface area contributed by atoms with Crippen LogP contribution in [0.25, 0.3) is 21.5 Å². The second-order valence-corrected chi connectivity index (χ2v) is 25.9. The molecule has 6 aromatic carbocycles. The highest BCUT2D eigenvalue weighted by atomic mass is 33.1. The summed E-state index contributed by atoms with van der Waals surface area (Å²) < 4.78 is 140. The third-order valence-electron chi connectivity index (χ3n) is 11.8. The van der Waals surface area contributed by atoms with Gasteiger partial charge >= 0.3 is 35.3 Å². The van der Waals surface area contributed by atoms with Crippen molar-refractivity contribution in [2.24, 2.45) is 20.5 Å². The standard InChI is InChI=1S/C46H36N14O24S6/c61-35-31-17(11-29(89(79,80)81)33(35)59-57-23-7-3-1-5-21(23)37(63)64)9-19(87(73,74)75)13-25(31)47-41-51-43(55-45(71)53-41)49-27(39(67)68)15-85-86-16-28(40(69)70)50-44-52-42(54-46(72)56-44)48-26-14-20(88(76,77)78)10-18-12-30(90(82,83)84)34(36(62)32(18)26)60-58-24-8-4-2-6-22(24)38(65)66/h1-14,27-28,61-62H,15-16H2,(H,63,64)(H,65,66)(H,67,68)(H,69,70)(H,73,74,75)(H,76,77,78)(H,79,80,81)(H,82,83,84)(H3,47,49,51,53,55,71)(H3,48,50,52,54,56,72)/b59-57+,60-58+. The number of fused-ring (bicyclic) bond motifs is 2. The molecule has 0 amide bonds. The molecule has 0 aliphatic heterocycles. The molecule has 8 aromatic rings. The van der Waals surface area contributed by atoms with Gasteiger partial charge in [0, 0.05) is 22.3 Å². The Hall–Kier alpha value is -10.3. The molecule has 0 saturated carbocycles. The van der Waals surface area contributed by atoms with Crippen LogP contribution in [0.15, 0.2) is 135 Å². The van der Waals surface area contributed by atoms with E-state index < -0.39 is 210 Å². The number of nitrogens with zero attached hydrogens (tertiary/aromatic N) is 8. The average Bonchev–Trinajstić information content (AvgIpc) is 0.781. The van der Waals surface area contributed by atoms with Crippen molar-refractivity contribution in [3.8, 4) is 11.5 Å². The number of phenolic OH excluding ortho intramolecular Hbond substituents is 2. The minimum absolute atomic E-state index is 0.366. The summed E-state index contributed by atoms with van der Waals surface area (Å²) in [5.41, 5.74) is -7.61. The molecule has 16 N–H and O–H groups in total. The molecule has 2 unspecified atom stereocenters. The van der Waals surface area contributed by atoms with Gasteiger partial charge in [0.05, 0.1) is 32.3 Å². The number of aromatic nitrogens is 6. The van der Waals surface area contributed by atoms with Gasteiger partial charge in [-0.1, -0.05) is 45.9 Å². The summed E-state index contributed by atoms with van der Waals surface area (Å²) in [6, 6.07) is 10.2. The summed E-state index contributed by atoms with van der Waals surface area (Å²) in [5, 5.41) is 84.7. The number of benzene rings is 6. The lowest BCUT2D eigenvalue weighted by atomic mass is 10.1. The number of aromatic amines is 2. The Balaban J connectivity index is 1.02. The van der Waals surface area contributed by atoms with Crippen molar-refractivity contribution >= 4 is 165 Å². The largest absolute Gasteiger partial charge is 0.505 e. The van der Waals surface area contributed by atoms with E-state index in [1.807, 2.05) is 0 Å². The number of nitrogens with one attached hydrogen (secondary N) is 6. The second-order valence-electron chi connectivity index (χ2n) is 17.8. The number of carbonyl (C=O) groups is 4. The molecule has 470 valence electrons. The van der Waals surface area contributed by atoms with Gasteiger partial charge in [0.15, 0.2) is 11.5 Å². The molecule has 0 spiro atoms. The molecular formula is C46H36N14O24S6. The van der Waals surface area contributed by atoms with Crippen molar-refractivity contribution in [3.05, 3.63) is 117 Å². The third kappa shape index (κ3) is 15.3. The highest BCUT2D eigenvalue weighted by molar-refractivity contribution is 8.76. The van der Waals surface area contributed by atoms with Gasteiger partial charge in [0.2, 0.25) is 23.8 Å². The summed E-state index contributed by atoms with van der Waals surface area (Å²) in [6.07, 6.45) is 0. The van der Waals surface area contributed by atoms with Crippen molar-refractivity contribution in [2.45, 2.75) is 31.7 Å². The predicted octanol–water partition coefficient (Wildman–Crippen LogP) is 4.87. The Morgan fingerprint density at radius 1 is 0.489 bits per heavy atom. The first-order valence-corrected chi connectivity index (χ1v) is 32.1. The molecule has 2 atom stereocenters. The van der Waals surface area contributed by atoms with Gasteiger partial charge < -0.3 is 51.9 Å². The Morgan fingerprint density at radius 2 is 0.833 bits per heavy atom. The van der Waals surface area contributed by atoms with E-state index in [9.17, 15) is 111 Å². The fraction of sp³-hybridized carbons (Fsp3) is 0.0870. The van der Waals surface area contributed by atoms with Crippen LogP contribution in [-0.4, -0.2) is 160 Å². The monoisotopic (exact) mass is 1360 g/mol.